The Morgan fingerprint density at radius 1 is 0.287 bits per heavy atom. The molecule has 0 aromatic heterocycles. The summed E-state index contributed by atoms with van der Waals surface area (Å²) in [5.41, 5.74) is 0. The molecule has 0 aliphatic rings. The number of carbonyl (C=O) groups excluding carboxylic acids is 4. The lowest BCUT2D eigenvalue weighted by atomic mass is 9.99. The van der Waals surface area contributed by atoms with Gasteiger partial charge in [0.2, 0.25) is 0 Å². The number of phosphoric ester groups is 2. The predicted octanol–water partition coefficient (Wildman–Crippen LogP) is 24.5. The standard InChI is InChI=1S/C82H160O17P2/c1-8-10-11-12-13-32-42-49-56-63-79(84)92-69-77(99-82(87)66-59-52-45-38-31-34-40-47-54-61-74(5)6)71-96-100(88,89)94-67-76(83)68-95-101(90,91)97-72-78(70-93-80(85)64-57-50-43-36-29-25-22-18-19-23-27-33-39-46-53-60-73(3)4)98-81(86)65-58-51-44-37-30-26-21-17-15-14-16-20-24-28-35-41-48-55-62-75(7)9-2/h73-78,83H,8-72H2,1-7H3,(H,88,89)(H,90,91)/t75?,76-,77+,78+/m0/s1. The molecule has 19 heteroatoms. The number of aliphatic hydroxyl groups is 1. The summed E-state index contributed by atoms with van der Waals surface area (Å²) in [4.78, 5) is 73.0. The fraction of sp³-hybridized carbons (Fsp3) is 0.951. The van der Waals surface area contributed by atoms with Gasteiger partial charge in [-0.3, -0.25) is 37.3 Å². The van der Waals surface area contributed by atoms with Crippen molar-refractivity contribution in [2.24, 2.45) is 17.8 Å². The summed E-state index contributed by atoms with van der Waals surface area (Å²) in [6.45, 7) is 12.0. The average Bonchev–Trinajstić information content (AvgIpc) is 0.949. The van der Waals surface area contributed by atoms with Crippen molar-refractivity contribution in [2.45, 2.75) is 446 Å². The van der Waals surface area contributed by atoms with Gasteiger partial charge in [0.25, 0.3) is 0 Å². The van der Waals surface area contributed by atoms with Crippen LogP contribution < -0.4 is 0 Å². The molecule has 0 heterocycles. The molecule has 0 radical (unpaired) electrons. The van der Waals surface area contributed by atoms with E-state index < -0.39 is 97.5 Å². The first-order valence-corrected chi connectivity index (χ1v) is 45.4. The Labute approximate surface area is 619 Å². The van der Waals surface area contributed by atoms with Crippen molar-refractivity contribution in [3.63, 3.8) is 0 Å². The Balaban J connectivity index is 5.20. The van der Waals surface area contributed by atoms with Crippen molar-refractivity contribution in [1.29, 1.82) is 0 Å². The van der Waals surface area contributed by atoms with Crippen LogP contribution in [-0.2, 0) is 65.4 Å². The smallest absolute Gasteiger partial charge is 0.462 e. The molecule has 3 unspecified atom stereocenters. The third-order valence-corrected chi connectivity index (χ3v) is 21.4. The molecule has 17 nitrogen and oxygen atoms in total. The van der Waals surface area contributed by atoms with Gasteiger partial charge in [-0.1, -0.05) is 376 Å². The molecule has 6 atom stereocenters. The van der Waals surface area contributed by atoms with Gasteiger partial charge >= 0.3 is 39.5 Å². The molecule has 0 aliphatic heterocycles. The highest BCUT2D eigenvalue weighted by Gasteiger charge is 2.30. The number of rotatable bonds is 80. The molecule has 0 bridgehead atoms. The molecule has 0 saturated carbocycles. The van der Waals surface area contributed by atoms with Gasteiger partial charge in [0.15, 0.2) is 12.2 Å². The van der Waals surface area contributed by atoms with Crippen LogP contribution in [0.4, 0.5) is 0 Å². The molecule has 0 aromatic carbocycles. The number of hydrogen-bond donors (Lipinski definition) is 3. The summed E-state index contributed by atoms with van der Waals surface area (Å²) in [6, 6.07) is 0. The third-order valence-electron chi connectivity index (χ3n) is 19.5. The van der Waals surface area contributed by atoms with E-state index in [1.807, 2.05) is 0 Å². The summed E-state index contributed by atoms with van der Waals surface area (Å²) >= 11 is 0. The summed E-state index contributed by atoms with van der Waals surface area (Å²) in [5.74, 6) is 0.302. The largest absolute Gasteiger partial charge is 0.472 e. The second-order valence-corrected chi connectivity index (χ2v) is 33.6. The Hall–Kier alpha value is -1.94. The van der Waals surface area contributed by atoms with E-state index in [1.54, 1.807) is 0 Å². The molecule has 0 spiro atoms. The fourth-order valence-corrected chi connectivity index (χ4v) is 14.2. The van der Waals surface area contributed by atoms with Gasteiger partial charge in [-0.05, 0) is 43.4 Å². The van der Waals surface area contributed by atoms with E-state index in [0.29, 0.717) is 25.7 Å². The van der Waals surface area contributed by atoms with Gasteiger partial charge in [-0.15, -0.1) is 0 Å². The van der Waals surface area contributed by atoms with Crippen molar-refractivity contribution in [3.05, 3.63) is 0 Å². The van der Waals surface area contributed by atoms with Crippen molar-refractivity contribution >= 4 is 39.5 Å². The summed E-state index contributed by atoms with van der Waals surface area (Å²) in [5, 5.41) is 10.6. The van der Waals surface area contributed by atoms with Crippen LogP contribution in [0.3, 0.4) is 0 Å². The van der Waals surface area contributed by atoms with Gasteiger partial charge in [0, 0.05) is 25.7 Å². The lowest BCUT2D eigenvalue weighted by Gasteiger charge is -2.21. The minimum atomic E-state index is -4.96. The molecule has 0 amide bonds. The number of unbranched alkanes of at least 4 members (excludes halogenated alkanes) is 47. The third kappa shape index (κ3) is 74.7. The average molecular weight is 1480 g/mol. The topological polar surface area (TPSA) is 237 Å². The lowest BCUT2D eigenvalue weighted by Crippen LogP contribution is -2.30. The van der Waals surface area contributed by atoms with E-state index in [-0.39, 0.29) is 25.7 Å². The van der Waals surface area contributed by atoms with Crippen LogP contribution >= 0.6 is 15.6 Å². The molecular weight excluding hydrogens is 1320 g/mol. The first-order valence-electron chi connectivity index (χ1n) is 42.4. The maximum atomic E-state index is 13.1. The van der Waals surface area contributed by atoms with Crippen LogP contribution in [0, 0.1) is 17.8 Å². The number of phosphoric acid groups is 2. The zero-order valence-electron chi connectivity index (χ0n) is 66.4. The van der Waals surface area contributed by atoms with Crippen molar-refractivity contribution in [2.75, 3.05) is 39.6 Å². The number of hydrogen-bond acceptors (Lipinski definition) is 15. The van der Waals surface area contributed by atoms with E-state index in [2.05, 4.69) is 48.5 Å². The maximum absolute atomic E-state index is 13.1. The van der Waals surface area contributed by atoms with Gasteiger partial charge in [0.1, 0.15) is 19.3 Å². The SMILES string of the molecule is CCCCCCCCCCCC(=O)OC[C@H](COP(=O)(O)OC[C@H](O)COP(=O)(O)OC[C@@H](COC(=O)CCCCCCCCCCCCCCCCCC(C)C)OC(=O)CCCCCCCCCCCCCCCCCCCCC(C)CC)OC(=O)CCCCCCCCCCCC(C)C. The molecule has 600 valence electrons. The second kappa shape index (κ2) is 72.3. The highest BCUT2D eigenvalue weighted by Crippen LogP contribution is 2.45. The van der Waals surface area contributed by atoms with E-state index in [9.17, 15) is 43.2 Å². The number of carbonyl (C=O) groups is 4. The van der Waals surface area contributed by atoms with E-state index >= 15 is 0 Å². The quantitative estimate of drug-likeness (QED) is 0.0222. The van der Waals surface area contributed by atoms with E-state index in [1.165, 1.54) is 238 Å². The normalized spacial score (nSPS) is 14.2. The Morgan fingerprint density at radius 3 is 0.752 bits per heavy atom. The summed E-state index contributed by atoms with van der Waals surface area (Å²) < 4.78 is 68.7. The number of aliphatic hydroxyl groups excluding tert-OH is 1. The van der Waals surface area contributed by atoms with Crippen LogP contribution in [0.15, 0.2) is 0 Å². The van der Waals surface area contributed by atoms with Gasteiger partial charge in [-0.25, -0.2) is 9.13 Å². The Morgan fingerprint density at radius 2 is 0.505 bits per heavy atom. The van der Waals surface area contributed by atoms with Gasteiger partial charge < -0.3 is 33.8 Å². The Kier molecular flexibility index (Phi) is 70.9. The van der Waals surface area contributed by atoms with Crippen molar-refractivity contribution < 1.29 is 80.2 Å². The number of ether oxygens (including phenoxy) is 4. The zero-order chi connectivity index (χ0) is 74.4. The van der Waals surface area contributed by atoms with Crippen LogP contribution in [-0.4, -0.2) is 96.7 Å². The fourth-order valence-electron chi connectivity index (χ4n) is 12.6. The van der Waals surface area contributed by atoms with Crippen molar-refractivity contribution in [1.82, 2.24) is 0 Å². The molecule has 0 saturated heterocycles. The minimum Gasteiger partial charge on any atom is -0.462 e. The zero-order valence-corrected chi connectivity index (χ0v) is 68.2. The van der Waals surface area contributed by atoms with Crippen molar-refractivity contribution in [3.8, 4) is 0 Å². The highest BCUT2D eigenvalue weighted by atomic mass is 31.2. The van der Waals surface area contributed by atoms with Gasteiger partial charge in [0.05, 0.1) is 26.4 Å². The molecule has 101 heavy (non-hydrogen) atoms. The number of esters is 4. The molecule has 0 rings (SSSR count). The van der Waals surface area contributed by atoms with E-state index in [0.717, 1.165) is 108 Å². The minimum absolute atomic E-state index is 0.105. The highest BCUT2D eigenvalue weighted by molar-refractivity contribution is 7.47. The molecule has 0 fully saturated rings. The molecule has 0 aromatic rings. The van der Waals surface area contributed by atoms with Crippen LogP contribution in [0.1, 0.15) is 427 Å². The van der Waals surface area contributed by atoms with Gasteiger partial charge in [-0.2, -0.15) is 0 Å². The maximum Gasteiger partial charge on any atom is 0.472 e. The van der Waals surface area contributed by atoms with Crippen LogP contribution in [0.2, 0.25) is 0 Å². The van der Waals surface area contributed by atoms with Crippen LogP contribution in [0.5, 0.6) is 0 Å². The lowest BCUT2D eigenvalue weighted by molar-refractivity contribution is -0.161. The molecular formula is C82H160O17P2. The summed E-state index contributed by atoms with van der Waals surface area (Å²) in [7, 11) is -9.92. The first kappa shape index (κ1) is 99.1. The monoisotopic (exact) mass is 1480 g/mol. The second-order valence-electron chi connectivity index (χ2n) is 30.7. The molecule has 3 N–H and O–H groups in total. The van der Waals surface area contributed by atoms with E-state index in [4.69, 9.17) is 37.0 Å². The molecule has 0 aliphatic carbocycles. The predicted molar refractivity (Wildman–Crippen MR) is 414 cm³/mol. The summed E-state index contributed by atoms with van der Waals surface area (Å²) in [6.07, 6.45) is 61.1. The van der Waals surface area contributed by atoms with Crippen LogP contribution in [0.25, 0.3) is 0 Å². The first-order chi connectivity index (χ1) is 48.8. The Bertz CT molecular complexity index is 1960.